The Labute approximate surface area is 101 Å². The second kappa shape index (κ2) is 5.57. The number of carbonyl (C=O) groups is 1. The van der Waals surface area contributed by atoms with Gasteiger partial charge >= 0.3 is 12.1 Å². The number of alkyl halides is 3. The monoisotopic (exact) mass is 260 g/mol. The second-order valence-corrected chi connectivity index (χ2v) is 3.49. The smallest absolute Gasteiger partial charge is 0.405 e. The number of carboxylic acids is 1. The van der Waals surface area contributed by atoms with Crippen LogP contribution in [0, 0.1) is 5.92 Å². The van der Waals surface area contributed by atoms with Crippen LogP contribution in [-0.4, -0.2) is 24.4 Å². The molecule has 0 spiro atoms. The van der Waals surface area contributed by atoms with E-state index in [1.165, 1.54) is 19.2 Å². The molecule has 0 aliphatic heterocycles. The standard InChI is InChI=1S/C12H11F3O3/c1-18-9-5-2-8(3-6-9)4-7-10(11(16)17)12(13,14)15/h2-7,10H,1H3,(H,16,17)/b7-4-. The van der Waals surface area contributed by atoms with Gasteiger partial charge in [0.25, 0.3) is 0 Å². The number of hydrogen-bond donors (Lipinski definition) is 1. The lowest BCUT2D eigenvalue weighted by Crippen LogP contribution is -2.28. The fourth-order valence-corrected chi connectivity index (χ4v) is 1.25. The summed E-state index contributed by atoms with van der Waals surface area (Å²) in [4.78, 5) is 10.5. The van der Waals surface area contributed by atoms with Gasteiger partial charge < -0.3 is 9.84 Å². The molecule has 18 heavy (non-hydrogen) atoms. The second-order valence-electron chi connectivity index (χ2n) is 3.49. The van der Waals surface area contributed by atoms with E-state index >= 15 is 0 Å². The van der Waals surface area contributed by atoms with Gasteiger partial charge in [-0.3, -0.25) is 4.79 Å². The number of methoxy groups -OCH3 is 1. The largest absolute Gasteiger partial charge is 0.497 e. The Balaban J connectivity index is 2.86. The van der Waals surface area contributed by atoms with Crippen molar-refractivity contribution in [2.45, 2.75) is 6.18 Å². The summed E-state index contributed by atoms with van der Waals surface area (Å²) in [6.45, 7) is 0. The third-order valence-corrected chi connectivity index (χ3v) is 2.22. The molecule has 0 amide bonds. The number of aliphatic carboxylic acids is 1. The number of carboxylic acid groups (broad SMARTS) is 1. The summed E-state index contributed by atoms with van der Waals surface area (Å²) in [6.07, 6.45) is -3.06. The Hall–Kier alpha value is -1.98. The van der Waals surface area contributed by atoms with E-state index in [0.29, 0.717) is 17.4 Å². The summed E-state index contributed by atoms with van der Waals surface area (Å²) in [5.74, 6) is -3.86. The molecule has 98 valence electrons. The average Bonchev–Trinajstić information content (AvgIpc) is 2.28. The lowest BCUT2D eigenvalue weighted by atomic mass is 10.1. The molecule has 1 N–H and O–H groups in total. The van der Waals surface area contributed by atoms with Crippen molar-refractivity contribution < 1.29 is 27.8 Å². The highest BCUT2D eigenvalue weighted by atomic mass is 19.4. The topological polar surface area (TPSA) is 46.5 Å². The Morgan fingerprint density at radius 3 is 2.28 bits per heavy atom. The number of rotatable bonds is 4. The minimum absolute atomic E-state index is 0.464. The van der Waals surface area contributed by atoms with E-state index in [4.69, 9.17) is 9.84 Å². The maximum absolute atomic E-state index is 12.3. The Bertz CT molecular complexity index is 435. The number of ether oxygens (including phenoxy) is 1. The van der Waals surface area contributed by atoms with Gasteiger partial charge in [-0.2, -0.15) is 13.2 Å². The van der Waals surface area contributed by atoms with E-state index in [9.17, 15) is 18.0 Å². The molecule has 0 heterocycles. The van der Waals surface area contributed by atoms with Gasteiger partial charge in [0.05, 0.1) is 7.11 Å². The van der Waals surface area contributed by atoms with Crippen LogP contribution in [0.2, 0.25) is 0 Å². The first-order valence-electron chi connectivity index (χ1n) is 4.96. The highest BCUT2D eigenvalue weighted by Gasteiger charge is 2.43. The van der Waals surface area contributed by atoms with Crippen molar-refractivity contribution in [2.75, 3.05) is 7.11 Å². The fraction of sp³-hybridized carbons (Fsp3) is 0.250. The quantitative estimate of drug-likeness (QED) is 0.905. The molecule has 6 heteroatoms. The predicted octanol–water partition coefficient (Wildman–Crippen LogP) is 2.97. The van der Waals surface area contributed by atoms with Gasteiger partial charge in [0.1, 0.15) is 5.75 Å². The van der Waals surface area contributed by atoms with Gasteiger partial charge in [-0.1, -0.05) is 24.3 Å². The number of hydrogen-bond acceptors (Lipinski definition) is 2. The first-order valence-corrected chi connectivity index (χ1v) is 4.96. The van der Waals surface area contributed by atoms with Crippen LogP contribution in [-0.2, 0) is 4.79 Å². The van der Waals surface area contributed by atoms with Gasteiger partial charge in [-0.15, -0.1) is 0 Å². The molecule has 0 aromatic heterocycles. The lowest BCUT2D eigenvalue weighted by Gasteiger charge is -2.11. The molecule has 0 fully saturated rings. The Morgan fingerprint density at radius 2 is 1.89 bits per heavy atom. The first kappa shape index (κ1) is 14.1. The Morgan fingerprint density at radius 1 is 1.33 bits per heavy atom. The summed E-state index contributed by atoms with van der Waals surface area (Å²) in [6, 6.07) is 6.21. The van der Waals surface area contributed by atoms with Crippen molar-refractivity contribution in [1.29, 1.82) is 0 Å². The molecular formula is C12H11F3O3. The molecule has 3 nitrogen and oxygen atoms in total. The van der Waals surface area contributed by atoms with E-state index < -0.39 is 18.1 Å². The van der Waals surface area contributed by atoms with Gasteiger partial charge in [-0.25, -0.2) is 0 Å². The Kier molecular flexibility index (Phi) is 4.36. The van der Waals surface area contributed by atoms with Crippen LogP contribution in [0.25, 0.3) is 6.08 Å². The van der Waals surface area contributed by atoms with Crippen LogP contribution in [0.1, 0.15) is 5.56 Å². The molecule has 0 aliphatic rings. The summed E-state index contributed by atoms with van der Waals surface area (Å²) >= 11 is 0. The summed E-state index contributed by atoms with van der Waals surface area (Å²) in [5.41, 5.74) is 0.464. The number of halogens is 3. The minimum Gasteiger partial charge on any atom is -0.497 e. The van der Waals surface area contributed by atoms with Gasteiger partial charge in [0.15, 0.2) is 5.92 Å². The van der Waals surface area contributed by atoms with Crippen LogP contribution in [0.15, 0.2) is 30.3 Å². The maximum Gasteiger partial charge on any atom is 0.405 e. The zero-order valence-electron chi connectivity index (χ0n) is 9.44. The molecule has 1 aromatic rings. The highest BCUT2D eigenvalue weighted by molar-refractivity contribution is 5.74. The van der Waals surface area contributed by atoms with E-state index in [-0.39, 0.29) is 0 Å². The van der Waals surface area contributed by atoms with E-state index in [1.807, 2.05) is 0 Å². The van der Waals surface area contributed by atoms with E-state index in [2.05, 4.69) is 0 Å². The van der Waals surface area contributed by atoms with Crippen molar-refractivity contribution in [3.63, 3.8) is 0 Å². The molecule has 0 saturated carbocycles. The van der Waals surface area contributed by atoms with Crippen LogP contribution in [0.3, 0.4) is 0 Å². The van der Waals surface area contributed by atoms with Crippen molar-refractivity contribution in [3.8, 4) is 5.75 Å². The third kappa shape index (κ3) is 3.80. The molecular weight excluding hydrogens is 249 g/mol. The third-order valence-electron chi connectivity index (χ3n) is 2.22. The van der Waals surface area contributed by atoms with Crippen molar-refractivity contribution in [2.24, 2.45) is 5.92 Å². The normalized spacial score (nSPS) is 13.6. The fourth-order valence-electron chi connectivity index (χ4n) is 1.25. The first-order chi connectivity index (χ1) is 8.34. The molecule has 1 atom stereocenters. The lowest BCUT2D eigenvalue weighted by molar-refractivity contribution is -0.183. The highest BCUT2D eigenvalue weighted by Crippen LogP contribution is 2.28. The SMILES string of the molecule is COc1ccc(/C=C\C(C(=O)O)C(F)(F)F)cc1. The zero-order valence-corrected chi connectivity index (χ0v) is 9.44. The molecule has 1 rings (SSSR count). The summed E-state index contributed by atoms with van der Waals surface area (Å²) in [7, 11) is 1.47. The maximum atomic E-state index is 12.3. The molecule has 1 aromatic carbocycles. The number of benzene rings is 1. The van der Waals surface area contributed by atoms with Crippen molar-refractivity contribution >= 4 is 12.0 Å². The van der Waals surface area contributed by atoms with Crippen LogP contribution in [0.5, 0.6) is 5.75 Å². The summed E-state index contributed by atoms with van der Waals surface area (Å²) in [5, 5.41) is 8.48. The van der Waals surface area contributed by atoms with Gasteiger partial charge in [0, 0.05) is 0 Å². The molecule has 0 bridgehead atoms. The van der Waals surface area contributed by atoms with Crippen LogP contribution >= 0.6 is 0 Å². The minimum atomic E-state index is -4.80. The zero-order chi connectivity index (χ0) is 13.8. The van der Waals surface area contributed by atoms with Gasteiger partial charge in [-0.05, 0) is 17.7 Å². The van der Waals surface area contributed by atoms with Gasteiger partial charge in [0.2, 0.25) is 0 Å². The van der Waals surface area contributed by atoms with E-state index in [1.54, 1.807) is 12.1 Å². The molecule has 0 saturated heterocycles. The van der Waals surface area contributed by atoms with Crippen molar-refractivity contribution in [3.05, 3.63) is 35.9 Å². The predicted molar refractivity (Wildman–Crippen MR) is 59.2 cm³/mol. The average molecular weight is 260 g/mol. The summed E-state index contributed by atoms with van der Waals surface area (Å²) < 4.78 is 41.9. The van der Waals surface area contributed by atoms with Crippen LogP contribution < -0.4 is 4.74 Å². The molecule has 1 unspecified atom stereocenters. The van der Waals surface area contributed by atoms with Crippen LogP contribution in [0.4, 0.5) is 13.2 Å². The molecule has 0 aliphatic carbocycles. The van der Waals surface area contributed by atoms with E-state index in [0.717, 1.165) is 6.08 Å². The molecule has 0 radical (unpaired) electrons. The van der Waals surface area contributed by atoms with Crippen molar-refractivity contribution in [1.82, 2.24) is 0 Å².